The Morgan fingerprint density at radius 2 is 2.18 bits per heavy atom. The van der Waals surface area contributed by atoms with Gasteiger partial charge in [-0.2, -0.15) is 0 Å². The Morgan fingerprint density at radius 1 is 1.35 bits per heavy atom. The molecule has 1 aromatic carbocycles. The number of nitrogens with zero attached hydrogens (tertiary/aromatic N) is 1. The van der Waals surface area contributed by atoms with Crippen molar-refractivity contribution in [3.63, 3.8) is 0 Å². The molecule has 2 rings (SSSR count). The van der Waals surface area contributed by atoms with Crippen LogP contribution in [0.5, 0.6) is 5.75 Å². The summed E-state index contributed by atoms with van der Waals surface area (Å²) in [6.07, 6.45) is 1.58. The average Bonchev–Trinajstić information content (AvgIpc) is 2.27. The van der Waals surface area contributed by atoms with Gasteiger partial charge in [-0.15, -0.1) is 0 Å². The number of ether oxygens (including phenoxy) is 1. The largest absolute Gasteiger partial charge is 0.486 e. The monoisotopic (exact) mass is 315 g/mol. The Kier molecular flexibility index (Phi) is 3.97. The van der Waals surface area contributed by atoms with Gasteiger partial charge >= 0.3 is 0 Å². The number of hydrogen-bond donors (Lipinski definition) is 0. The summed E-state index contributed by atoms with van der Waals surface area (Å²) in [5, 5.41) is 0.294. The lowest BCUT2D eigenvalue weighted by Gasteiger charge is -2.07. The van der Waals surface area contributed by atoms with Crippen LogP contribution in [0.3, 0.4) is 0 Å². The third-order valence-electron chi connectivity index (χ3n) is 2.04. The molecule has 0 amide bonds. The predicted molar refractivity (Wildman–Crippen MR) is 67.7 cm³/mol. The topological polar surface area (TPSA) is 22.1 Å². The first-order valence-electron chi connectivity index (χ1n) is 4.83. The van der Waals surface area contributed by atoms with E-state index in [9.17, 15) is 4.39 Å². The zero-order chi connectivity index (χ0) is 12.3. The van der Waals surface area contributed by atoms with Crippen molar-refractivity contribution in [3.8, 4) is 5.75 Å². The molecular formula is C12H8BrClFNO. The number of hydrogen-bond acceptors (Lipinski definition) is 2. The third-order valence-corrected chi connectivity index (χ3v) is 2.78. The molecular weight excluding hydrogens is 308 g/mol. The van der Waals surface area contributed by atoms with Crippen LogP contribution < -0.4 is 4.74 Å². The molecule has 0 spiro atoms. The van der Waals surface area contributed by atoms with Gasteiger partial charge in [-0.25, -0.2) is 9.37 Å². The van der Waals surface area contributed by atoms with Gasteiger partial charge in [0.05, 0.1) is 0 Å². The lowest BCUT2D eigenvalue weighted by Crippen LogP contribution is -1.97. The second-order valence-electron chi connectivity index (χ2n) is 3.36. The standard InChI is InChI=1S/C12H8BrClFNO/c13-9-4-8(5-10(15)6-9)7-17-11-2-1-3-16-12(11)14/h1-6H,7H2. The van der Waals surface area contributed by atoms with E-state index in [1.54, 1.807) is 24.4 Å². The molecule has 2 nitrogen and oxygen atoms in total. The van der Waals surface area contributed by atoms with Gasteiger partial charge in [0.2, 0.25) is 0 Å². The molecule has 0 radical (unpaired) electrons. The van der Waals surface area contributed by atoms with E-state index in [0.717, 1.165) is 5.56 Å². The minimum atomic E-state index is -0.310. The fraction of sp³-hybridized carbons (Fsp3) is 0.0833. The Labute approximate surface area is 112 Å². The Balaban J connectivity index is 2.10. The molecule has 5 heteroatoms. The van der Waals surface area contributed by atoms with Gasteiger partial charge < -0.3 is 4.74 Å². The molecule has 0 fully saturated rings. The van der Waals surface area contributed by atoms with Crippen LogP contribution in [0.2, 0.25) is 5.15 Å². The Bertz CT molecular complexity index is 515. The van der Waals surface area contributed by atoms with E-state index in [4.69, 9.17) is 16.3 Å². The first-order chi connectivity index (χ1) is 8.15. The normalized spacial score (nSPS) is 10.3. The number of pyridine rings is 1. The smallest absolute Gasteiger partial charge is 0.171 e. The van der Waals surface area contributed by atoms with Crippen LogP contribution in [0.15, 0.2) is 41.0 Å². The van der Waals surface area contributed by atoms with Crippen molar-refractivity contribution in [1.82, 2.24) is 4.98 Å². The van der Waals surface area contributed by atoms with E-state index >= 15 is 0 Å². The molecule has 0 unspecified atom stereocenters. The molecule has 0 saturated heterocycles. The van der Waals surface area contributed by atoms with Gasteiger partial charge in [0.15, 0.2) is 10.9 Å². The SMILES string of the molecule is Fc1cc(Br)cc(COc2cccnc2Cl)c1. The third kappa shape index (κ3) is 3.41. The predicted octanol–water partition coefficient (Wildman–Crippen LogP) is 4.22. The van der Waals surface area contributed by atoms with E-state index in [1.165, 1.54) is 12.1 Å². The molecule has 0 aliphatic heterocycles. The van der Waals surface area contributed by atoms with E-state index in [-0.39, 0.29) is 12.4 Å². The Hall–Kier alpha value is -1.13. The summed E-state index contributed by atoms with van der Waals surface area (Å²) in [6.45, 7) is 0.238. The van der Waals surface area contributed by atoms with Crippen molar-refractivity contribution in [2.75, 3.05) is 0 Å². The fourth-order valence-electron chi connectivity index (χ4n) is 1.33. The van der Waals surface area contributed by atoms with Crippen LogP contribution in [0.4, 0.5) is 4.39 Å². The summed E-state index contributed by atoms with van der Waals surface area (Å²) in [5.74, 6) is 0.171. The van der Waals surface area contributed by atoms with Crippen LogP contribution in [-0.4, -0.2) is 4.98 Å². The molecule has 2 aromatic rings. The van der Waals surface area contributed by atoms with Gasteiger partial charge in [0.1, 0.15) is 12.4 Å². The number of aromatic nitrogens is 1. The molecule has 88 valence electrons. The second-order valence-corrected chi connectivity index (χ2v) is 4.63. The maximum Gasteiger partial charge on any atom is 0.171 e. The quantitative estimate of drug-likeness (QED) is 0.791. The maximum atomic E-state index is 13.1. The molecule has 1 aromatic heterocycles. The number of halogens is 3. The summed E-state index contributed by atoms with van der Waals surface area (Å²) in [5.41, 5.74) is 0.719. The zero-order valence-corrected chi connectivity index (χ0v) is 11.0. The highest BCUT2D eigenvalue weighted by molar-refractivity contribution is 9.10. The van der Waals surface area contributed by atoms with E-state index < -0.39 is 0 Å². The highest BCUT2D eigenvalue weighted by Gasteiger charge is 2.03. The van der Waals surface area contributed by atoms with Crippen LogP contribution in [-0.2, 0) is 6.61 Å². The molecule has 0 saturated carbocycles. The van der Waals surface area contributed by atoms with Gasteiger partial charge in [-0.1, -0.05) is 27.5 Å². The maximum absolute atomic E-state index is 13.1. The number of benzene rings is 1. The second kappa shape index (κ2) is 5.47. The van der Waals surface area contributed by atoms with Crippen LogP contribution >= 0.6 is 27.5 Å². The van der Waals surface area contributed by atoms with E-state index in [0.29, 0.717) is 15.4 Å². The summed E-state index contributed by atoms with van der Waals surface area (Å²) < 4.78 is 19.2. The van der Waals surface area contributed by atoms with Crippen molar-refractivity contribution >= 4 is 27.5 Å². The van der Waals surface area contributed by atoms with E-state index in [1.807, 2.05) is 0 Å². The summed E-state index contributed by atoms with van der Waals surface area (Å²) in [7, 11) is 0. The lowest BCUT2D eigenvalue weighted by molar-refractivity contribution is 0.304. The van der Waals surface area contributed by atoms with Gasteiger partial charge in [0.25, 0.3) is 0 Å². The first kappa shape index (κ1) is 12.3. The molecule has 0 atom stereocenters. The van der Waals surface area contributed by atoms with Crippen LogP contribution in [0.25, 0.3) is 0 Å². The van der Waals surface area contributed by atoms with Gasteiger partial charge in [0, 0.05) is 10.7 Å². The average molecular weight is 317 g/mol. The van der Waals surface area contributed by atoms with Crippen molar-refractivity contribution in [1.29, 1.82) is 0 Å². The highest BCUT2D eigenvalue weighted by atomic mass is 79.9. The zero-order valence-electron chi connectivity index (χ0n) is 8.66. The summed E-state index contributed by atoms with van der Waals surface area (Å²) in [4.78, 5) is 3.88. The highest BCUT2D eigenvalue weighted by Crippen LogP contribution is 2.22. The van der Waals surface area contributed by atoms with Crippen molar-refractivity contribution in [2.24, 2.45) is 0 Å². The first-order valence-corrected chi connectivity index (χ1v) is 6.00. The molecule has 0 aliphatic carbocycles. The molecule has 0 N–H and O–H groups in total. The van der Waals surface area contributed by atoms with Crippen molar-refractivity contribution in [2.45, 2.75) is 6.61 Å². The molecule has 1 heterocycles. The van der Waals surface area contributed by atoms with Gasteiger partial charge in [-0.05, 0) is 35.9 Å². The van der Waals surface area contributed by atoms with Crippen LogP contribution in [0.1, 0.15) is 5.56 Å². The minimum Gasteiger partial charge on any atom is -0.486 e. The lowest BCUT2D eigenvalue weighted by atomic mass is 10.2. The van der Waals surface area contributed by atoms with Crippen LogP contribution in [0, 0.1) is 5.82 Å². The summed E-state index contributed by atoms with van der Waals surface area (Å²) >= 11 is 9.05. The van der Waals surface area contributed by atoms with Gasteiger partial charge in [-0.3, -0.25) is 0 Å². The van der Waals surface area contributed by atoms with Crippen molar-refractivity contribution in [3.05, 3.63) is 57.5 Å². The van der Waals surface area contributed by atoms with Crippen molar-refractivity contribution < 1.29 is 9.13 Å². The Morgan fingerprint density at radius 3 is 2.88 bits per heavy atom. The molecule has 0 aliphatic rings. The fourth-order valence-corrected chi connectivity index (χ4v) is 2.02. The summed E-state index contributed by atoms with van der Waals surface area (Å²) in [6, 6.07) is 8.02. The molecule has 17 heavy (non-hydrogen) atoms. The number of rotatable bonds is 3. The molecule has 0 bridgehead atoms. The minimum absolute atomic E-state index is 0.238. The van der Waals surface area contributed by atoms with E-state index in [2.05, 4.69) is 20.9 Å².